The first kappa shape index (κ1) is 12.5. The molecule has 0 amide bonds. The van der Waals surface area contributed by atoms with Crippen molar-refractivity contribution in [1.29, 1.82) is 0 Å². The lowest BCUT2D eigenvalue weighted by Gasteiger charge is -2.47. The summed E-state index contributed by atoms with van der Waals surface area (Å²) >= 11 is 2.11. The molecule has 18 heavy (non-hydrogen) atoms. The summed E-state index contributed by atoms with van der Waals surface area (Å²) in [5.74, 6) is 1.18. The van der Waals surface area contributed by atoms with E-state index < -0.39 is 0 Å². The first-order chi connectivity index (χ1) is 8.80. The van der Waals surface area contributed by atoms with Crippen molar-refractivity contribution in [1.82, 2.24) is 9.88 Å². The van der Waals surface area contributed by atoms with Crippen LogP contribution in [0.2, 0.25) is 0 Å². The maximum atomic E-state index is 5.74. The molecule has 0 N–H and O–H groups in total. The van der Waals surface area contributed by atoms with Crippen LogP contribution in [0.5, 0.6) is 0 Å². The van der Waals surface area contributed by atoms with E-state index in [1.54, 1.807) is 0 Å². The van der Waals surface area contributed by atoms with E-state index in [-0.39, 0.29) is 0 Å². The van der Waals surface area contributed by atoms with Crippen molar-refractivity contribution in [3.63, 3.8) is 0 Å². The SMILES string of the molecule is CCO[C@@H]1CSC2(C1)CN(Cc1cccnc1)C2. The van der Waals surface area contributed by atoms with Gasteiger partial charge in [-0.1, -0.05) is 6.07 Å². The van der Waals surface area contributed by atoms with Gasteiger partial charge in [-0.25, -0.2) is 0 Å². The van der Waals surface area contributed by atoms with E-state index in [4.69, 9.17) is 4.74 Å². The van der Waals surface area contributed by atoms with Gasteiger partial charge in [0.1, 0.15) is 0 Å². The molecule has 0 aliphatic carbocycles. The molecular formula is C14H20N2OS. The van der Waals surface area contributed by atoms with Gasteiger partial charge in [0.05, 0.1) is 6.10 Å². The lowest BCUT2D eigenvalue weighted by atomic mass is 9.92. The van der Waals surface area contributed by atoms with Crippen molar-refractivity contribution in [2.45, 2.75) is 30.7 Å². The molecule has 98 valence electrons. The van der Waals surface area contributed by atoms with Gasteiger partial charge in [0.25, 0.3) is 0 Å². The van der Waals surface area contributed by atoms with Gasteiger partial charge in [-0.05, 0) is 25.0 Å². The lowest BCUT2D eigenvalue weighted by molar-refractivity contribution is 0.0417. The van der Waals surface area contributed by atoms with E-state index in [9.17, 15) is 0 Å². The molecule has 0 unspecified atom stereocenters. The minimum Gasteiger partial charge on any atom is -0.378 e. The van der Waals surface area contributed by atoms with E-state index in [0.717, 1.165) is 13.2 Å². The van der Waals surface area contributed by atoms with E-state index in [2.05, 4.69) is 34.6 Å². The smallest absolute Gasteiger partial charge is 0.0679 e. The van der Waals surface area contributed by atoms with Crippen molar-refractivity contribution in [3.05, 3.63) is 30.1 Å². The van der Waals surface area contributed by atoms with E-state index in [0.29, 0.717) is 10.9 Å². The number of ether oxygens (including phenoxy) is 1. The number of thioether (sulfide) groups is 1. The van der Waals surface area contributed by atoms with Gasteiger partial charge in [-0.2, -0.15) is 0 Å². The van der Waals surface area contributed by atoms with Crippen LogP contribution in [0, 0.1) is 0 Å². The van der Waals surface area contributed by atoms with Crippen molar-refractivity contribution >= 4 is 11.8 Å². The van der Waals surface area contributed by atoms with E-state index in [1.807, 2.05) is 18.5 Å². The minimum atomic E-state index is 0.487. The van der Waals surface area contributed by atoms with E-state index >= 15 is 0 Å². The first-order valence-corrected chi connectivity index (χ1v) is 7.65. The molecule has 0 saturated carbocycles. The Balaban J connectivity index is 1.49. The Kier molecular flexibility index (Phi) is 3.59. The van der Waals surface area contributed by atoms with Crippen molar-refractivity contribution in [2.24, 2.45) is 0 Å². The minimum absolute atomic E-state index is 0.487. The van der Waals surface area contributed by atoms with Crippen LogP contribution >= 0.6 is 11.8 Å². The summed E-state index contributed by atoms with van der Waals surface area (Å²) in [7, 11) is 0. The van der Waals surface area contributed by atoms with E-state index in [1.165, 1.54) is 30.8 Å². The highest BCUT2D eigenvalue weighted by molar-refractivity contribution is 8.01. The fourth-order valence-corrected chi connectivity index (χ4v) is 4.60. The summed E-state index contributed by atoms with van der Waals surface area (Å²) in [5, 5.41) is 0. The average molecular weight is 264 g/mol. The number of hydrogen-bond donors (Lipinski definition) is 0. The first-order valence-electron chi connectivity index (χ1n) is 6.66. The quantitative estimate of drug-likeness (QED) is 0.832. The molecule has 1 spiro atoms. The van der Waals surface area contributed by atoms with Gasteiger partial charge in [-0.15, -0.1) is 11.8 Å². The zero-order valence-electron chi connectivity index (χ0n) is 10.8. The largest absolute Gasteiger partial charge is 0.378 e. The molecule has 0 bridgehead atoms. The molecule has 1 aromatic rings. The fourth-order valence-electron chi connectivity index (χ4n) is 3.00. The molecule has 2 fully saturated rings. The third-order valence-corrected chi connectivity index (χ3v) is 5.31. The third kappa shape index (κ3) is 2.56. The molecule has 1 aromatic heterocycles. The number of rotatable bonds is 4. The van der Waals surface area contributed by atoms with Gasteiger partial charge in [0, 0.05) is 49.1 Å². The number of hydrogen-bond acceptors (Lipinski definition) is 4. The molecule has 2 aliphatic heterocycles. The van der Waals surface area contributed by atoms with Crippen LogP contribution in [0.25, 0.3) is 0 Å². The normalized spacial score (nSPS) is 26.4. The van der Waals surface area contributed by atoms with Crippen LogP contribution in [-0.4, -0.2) is 46.2 Å². The molecule has 3 nitrogen and oxygen atoms in total. The van der Waals surface area contributed by atoms with Crippen molar-refractivity contribution in [2.75, 3.05) is 25.4 Å². The highest BCUT2D eigenvalue weighted by Gasteiger charge is 2.48. The number of pyridine rings is 1. The topological polar surface area (TPSA) is 25.4 Å². The molecule has 3 heterocycles. The van der Waals surface area contributed by atoms with Crippen LogP contribution < -0.4 is 0 Å². The van der Waals surface area contributed by atoms with Crippen LogP contribution in [0.4, 0.5) is 0 Å². The Morgan fingerprint density at radius 2 is 2.44 bits per heavy atom. The predicted octanol–water partition coefficient (Wildman–Crippen LogP) is 2.18. The van der Waals surface area contributed by atoms with Crippen LogP contribution in [0.1, 0.15) is 18.9 Å². The predicted molar refractivity (Wildman–Crippen MR) is 74.7 cm³/mol. The van der Waals surface area contributed by atoms with Crippen LogP contribution in [0.3, 0.4) is 0 Å². The summed E-state index contributed by atoms with van der Waals surface area (Å²) < 4.78 is 6.23. The van der Waals surface area contributed by atoms with Crippen molar-refractivity contribution in [3.8, 4) is 0 Å². The number of likely N-dealkylation sites (tertiary alicyclic amines) is 1. The van der Waals surface area contributed by atoms with Crippen molar-refractivity contribution < 1.29 is 4.74 Å². The highest BCUT2D eigenvalue weighted by Crippen LogP contribution is 2.46. The number of nitrogens with zero attached hydrogens (tertiary/aromatic N) is 2. The molecule has 2 aliphatic rings. The second kappa shape index (κ2) is 5.19. The Morgan fingerprint density at radius 1 is 1.56 bits per heavy atom. The second-order valence-corrected chi connectivity index (χ2v) is 6.77. The molecular weight excluding hydrogens is 244 g/mol. The fraction of sp³-hybridized carbons (Fsp3) is 0.643. The Labute approximate surface area is 113 Å². The maximum Gasteiger partial charge on any atom is 0.0679 e. The standard InChI is InChI=1S/C14H20N2OS/c1-2-17-13-6-14(18-9-13)10-16(11-14)8-12-4-3-5-15-7-12/h3-5,7,13H,2,6,8-11H2,1H3/t13-/m0/s1. The lowest BCUT2D eigenvalue weighted by Crippen LogP contribution is -2.58. The molecule has 0 aromatic carbocycles. The molecule has 2 saturated heterocycles. The zero-order valence-corrected chi connectivity index (χ0v) is 11.7. The Morgan fingerprint density at radius 3 is 3.17 bits per heavy atom. The van der Waals surface area contributed by atoms with Gasteiger partial charge in [0.2, 0.25) is 0 Å². The van der Waals surface area contributed by atoms with Gasteiger partial charge >= 0.3 is 0 Å². The monoisotopic (exact) mass is 264 g/mol. The van der Waals surface area contributed by atoms with Gasteiger partial charge in [0.15, 0.2) is 0 Å². The Hall–Kier alpha value is -0.580. The van der Waals surface area contributed by atoms with Gasteiger partial charge < -0.3 is 4.74 Å². The highest BCUT2D eigenvalue weighted by atomic mass is 32.2. The molecule has 4 heteroatoms. The molecule has 3 rings (SSSR count). The van der Waals surface area contributed by atoms with Gasteiger partial charge in [-0.3, -0.25) is 9.88 Å². The summed E-state index contributed by atoms with van der Waals surface area (Å²) in [6.07, 6.45) is 5.52. The summed E-state index contributed by atoms with van der Waals surface area (Å²) in [5.41, 5.74) is 1.32. The average Bonchev–Trinajstić information content (AvgIpc) is 2.75. The Bertz CT molecular complexity index is 392. The van der Waals surface area contributed by atoms with Crippen LogP contribution in [-0.2, 0) is 11.3 Å². The molecule has 1 atom stereocenters. The maximum absolute atomic E-state index is 5.74. The number of aromatic nitrogens is 1. The summed E-state index contributed by atoms with van der Waals surface area (Å²) in [6, 6.07) is 4.17. The summed E-state index contributed by atoms with van der Waals surface area (Å²) in [6.45, 7) is 6.38. The third-order valence-electron chi connectivity index (χ3n) is 3.73. The van der Waals surface area contributed by atoms with Crippen LogP contribution in [0.15, 0.2) is 24.5 Å². The second-order valence-electron chi connectivity index (χ2n) is 5.28. The summed E-state index contributed by atoms with van der Waals surface area (Å²) in [4.78, 5) is 6.68. The molecule has 0 radical (unpaired) electrons. The zero-order chi connectivity index (χ0) is 12.4.